The molecule has 6 heteroatoms. The van der Waals surface area contributed by atoms with Crippen molar-refractivity contribution in [1.29, 1.82) is 0 Å². The normalized spacial score (nSPS) is 18.9. The maximum atomic E-state index is 11.8. The lowest BCUT2D eigenvalue weighted by molar-refractivity contribution is -0.152. The van der Waals surface area contributed by atoms with Crippen molar-refractivity contribution in [2.45, 2.75) is 13.0 Å². The predicted molar refractivity (Wildman–Crippen MR) is 80.0 cm³/mol. The zero-order valence-electron chi connectivity index (χ0n) is 13.1. The van der Waals surface area contributed by atoms with Gasteiger partial charge in [0.05, 0.1) is 21.3 Å². The SMILES string of the molecule is COC(=O)C1CN(Cc2ccc(OC)cc2OC)CCC1=O. The first kappa shape index (κ1) is 16.3. The molecule has 1 unspecified atom stereocenters. The van der Waals surface area contributed by atoms with Crippen LogP contribution >= 0.6 is 0 Å². The van der Waals surface area contributed by atoms with E-state index >= 15 is 0 Å². The lowest BCUT2D eigenvalue weighted by atomic mass is 9.96. The Hall–Kier alpha value is -2.08. The van der Waals surface area contributed by atoms with Crippen molar-refractivity contribution in [3.05, 3.63) is 23.8 Å². The number of hydrogen-bond donors (Lipinski definition) is 0. The molecule has 1 fully saturated rings. The Bertz CT molecular complexity index is 549. The molecule has 1 aromatic carbocycles. The summed E-state index contributed by atoms with van der Waals surface area (Å²) in [6.07, 6.45) is 0.359. The Morgan fingerprint density at radius 3 is 2.68 bits per heavy atom. The van der Waals surface area contributed by atoms with Crippen LogP contribution in [-0.4, -0.2) is 51.1 Å². The van der Waals surface area contributed by atoms with Gasteiger partial charge in [-0.2, -0.15) is 0 Å². The van der Waals surface area contributed by atoms with E-state index in [9.17, 15) is 9.59 Å². The van der Waals surface area contributed by atoms with Crippen LogP contribution in [-0.2, 0) is 20.9 Å². The largest absolute Gasteiger partial charge is 0.497 e. The fraction of sp³-hybridized carbons (Fsp3) is 0.500. The van der Waals surface area contributed by atoms with Gasteiger partial charge in [-0.05, 0) is 6.07 Å². The summed E-state index contributed by atoms with van der Waals surface area (Å²) in [5.41, 5.74) is 0.987. The molecular weight excluding hydrogens is 286 g/mol. The number of rotatable bonds is 5. The Morgan fingerprint density at radius 2 is 2.05 bits per heavy atom. The molecule has 1 saturated heterocycles. The third-order valence-corrected chi connectivity index (χ3v) is 3.88. The minimum absolute atomic E-state index is 0.0511. The molecule has 1 aliphatic rings. The van der Waals surface area contributed by atoms with E-state index in [1.54, 1.807) is 14.2 Å². The topological polar surface area (TPSA) is 65.1 Å². The summed E-state index contributed by atoms with van der Waals surface area (Å²) < 4.78 is 15.3. The van der Waals surface area contributed by atoms with Crippen LogP contribution in [0.15, 0.2) is 18.2 Å². The van der Waals surface area contributed by atoms with Gasteiger partial charge in [-0.25, -0.2) is 0 Å². The number of nitrogens with zero attached hydrogens (tertiary/aromatic N) is 1. The van der Waals surface area contributed by atoms with E-state index in [2.05, 4.69) is 4.90 Å². The number of ether oxygens (including phenoxy) is 3. The van der Waals surface area contributed by atoms with E-state index in [0.717, 1.165) is 17.1 Å². The fourth-order valence-electron chi connectivity index (χ4n) is 2.61. The summed E-state index contributed by atoms with van der Waals surface area (Å²) in [5, 5.41) is 0. The van der Waals surface area contributed by atoms with Crippen LogP contribution in [0.25, 0.3) is 0 Å². The molecular formula is C16H21NO5. The Labute approximate surface area is 129 Å². The number of piperidine rings is 1. The van der Waals surface area contributed by atoms with Crippen LogP contribution in [0.4, 0.5) is 0 Å². The highest BCUT2D eigenvalue weighted by Gasteiger charge is 2.33. The number of benzene rings is 1. The van der Waals surface area contributed by atoms with Crippen LogP contribution in [0.3, 0.4) is 0 Å². The van der Waals surface area contributed by atoms with E-state index in [1.807, 2.05) is 18.2 Å². The maximum Gasteiger partial charge on any atom is 0.317 e. The molecule has 1 aromatic rings. The average molecular weight is 307 g/mol. The Kier molecular flexibility index (Phi) is 5.38. The molecule has 0 amide bonds. The molecule has 2 rings (SSSR count). The van der Waals surface area contributed by atoms with Crippen LogP contribution in [0.2, 0.25) is 0 Å². The monoisotopic (exact) mass is 307 g/mol. The first-order valence-electron chi connectivity index (χ1n) is 7.12. The standard InChI is InChI=1S/C16H21NO5/c1-20-12-5-4-11(15(8-12)21-2)9-17-7-6-14(18)13(10-17)16(19)22-3/h4-5,8,13H,6-7,9-10H2,1-3H3. The van der Waals surface area contributed by atoms with E-state index in [-0.39, 0.29) is 5.78 Å². The second-order valence-electron chi connectivity index (χ2n) is 5.20. The summed E-state index contributed by atoms with van der Waals surface area (Å²) in [7, 11) is 4.52. The van der Waals surface area contributed by atoms with Gasteiger partial charge in [-0.1, -0.05) is 6.07 Å². The highest BCUT2D eigenvalue weighted by molar-refractivity contribution is 5.99. The van der Waals surface area contributed by atoms with Crippen molar-refractivity contribution in [3.63, 3.8) is 0 Å². The number of hydrogen-bond acceptors (Lipinski definition) is 6. The highest BCUT2D eigenvalue weighted by Crippen LogP contribution is 2.27. The smallest absolute Gasteiger partial charge is 0.317 e. The Morgan fingerprint density at radius 1 is 1.27 bits per heavy atom. The van der Waals surface area contributed by atoms with E-state index in [1.165, 1.54) is 7.11 Å². The van der Waals surface area contributed by atoms with E-state index in [0.29, 0.717) is 26.1 Å². The van der Waals surface area contributed by atoms with Crippen molar-refractivity contribution < 1.29 is 23.8 Å². The van der Waals surface area contributed by atoms with Crippen LogP contribution < -0.4 is 9.47 Å². The van der Waals surface area contributed by atoms with Crippen LogP contribution in [0.5, 0.6) is 11.5 Å². The van der Waals surface area contributed by atoms with Gasteiger partial charge < -0.3 is 14.2 Å². The zero-order chi connectivity index (χ0) is 16.1. The van der Waals surface area contributed by atoms with Crippen molar-refractivity contribution in [3.8, 4) is 11.5 Å². The molecule has 0 spiro atoms. The number of carbonyl (C=O) groups is 2. The first-order valence-corrected chi connectivity index (χ1v) is 7.12. The molecule has 120 valence electrons. The van der Waals surface area contributed by atoms with Gasteiger partial charge in [0.2, 0.25) is 0 Å². The second kappa shape index (κ2) is 7.26. The third kappa shape index (κ3) is 3.57. The van der Waals surface area contributed by atoms with Gasteiger partial charge >= 0.3 is 5.97 Å². The molecule has 1 atom stereocenters. The number of carbonyl (C=O) groups excluding carboxylic acids is 2. The van der Waals surface area contributed by atoms with Crippen LogP contribution in [0.1, 0.15) is 12.0 Å². The van der Waals surface area contributed by atoms with Crippen LogP contribution in [0, 0.1) is 5.92 Å². The lowest BCUT2D eigenvalue weighted by Crippen LogP contribution is -2.44. The molecule has 22 heavy (non-hydrogen) atoms. The number of ketones is 1. The summed E-state index contributed by atoms with van der Waals surface area (Å²) in [5.74, 6) is 0.247. The molecule has 6 nitrogen and oxygen atoms in total. The highest BCUT2D eigenvalue weighted by atomic mass is 16.5. The zero-order valence-corrected chi connectivity index (χ0v) is 13.1. The summed E-state index contributed by atoms with van der Waals surface area (Å²) in [6, 6.07) is 5.62. The Balaban J connectivity index is 2.10. The van der Waals surface area contributed by atoms with Gasteiger partial charge in [0.15, 0.2) is 0 Å². The number of esters is 1. The molecule has 0 saturated carbocycles. The molecule has 0 aliphatic carbocycles. The molecule has 0 bridgehead atoms. The second-order valence-corrected chi connectivity index (χ2v) is 5.20. The van der Waals surface area contributed by atoms with Crippen molar-refractivity contribution in [1.82, 2.24) is 4.90 Å². The van der Waals surface area contributed by atoms with E-state index < -0.39 is 11.9 Å². The predicted octanol–water partition coefficient (Wildman–Crippen LogP) is 1.27. The molecule has 0 aromatic heterocycles. The van der Waals surface area contributed by atoms with Gasteiger partial charge in [0.25, 0.3) is 0 Å². The number of likely N-dealkylation sites (tertiary alicyclic amines) is 1. The quantitative estimate of drug-likeness (QED) is 0.603. The molecule has 1 aliphatic heterocycles. The number of Topliss-reactive ketones (excluding diaryl/α,β-unsaturated/α-hetero) is 1. The van der Waals surface area contributed by atoms with E-state index in [4.69, 9.17) is 14.2 Å². The van der Waals surface area contributed by atoms with Crippen molar-refractivity contribution >= 4 is 11.8 Å². The summed E-state index contributed by atoms with van der Waals surface area (Å²) >= 11 is 0. The molecule has 1 heterocycles. The summed E-state index contributed by atoms with van der Waals surface area (Å²) in [6.45, 7) is 1.61. The van der Waals surface area contributed by atoms with Crippen molar-refractivity contribution in [2.75, 3.05) is 34.4 Å². The van der Waals surface area contributed by atoms with Gasteiger partial charge in [-0.15, -0.1) is 0 Å². The lowest BCUT2D eigenvalue weighted by Gasteiger charge is -2.30. The number of methoxy groups -OCH3 is 3. The average Bonchev–Trinajstić information content (AvgIpc) is 2.56. The minimum atomic E-state index is -0.692. The first-order chi connectivity index (χ1) is 10.6. The molecule has 0 N–H and O–H groups in total. The maximum absolute atomic E-state index is 11.8. The summed E-state index contributed by atoms with van der Waals surface area (Å²) in [4.78, 5) is 25.6. The van der Waals surface area contributed by atoms with Gasteiger partial charge in [0, 0.05) is 37.7 Å². The van der Waals surface area contributed by atoms with Crippen molar-refractivity contribution in [2.24, 2.45) is 5.92 Å². The van der Waals surface area contributed by atoms with Gasteiger partial charge in [-0.3, -0.25) is 14.5 Å². The molecule has 0 radical (unpaired) electrons. The van der Waals surface area contributed by atoms with Gasteiger partial charge in [0.1, 0.15) is 23.2 Å². The third-order valence-electron chi connectivity index (χ3n) is 3.88. The fourth-order valence-corrected chi connectivity index (χ4v) is 2.61. The minimum Gasteiger partial charge on any atom is -0.497 e.